The van der Waals surface area contributed by atoms with E-state index < -0.39 is 6.10 Å². The van der Waals surface area contributed by atoms with Gasteiger partial charge in [-0.15, -0.1) is 0 Å². The minimum absolute atomic E-state index is 0.170. The molecule has 4 aliphatic rings. The average molecular weight is 418 g/mol. The van der Waals surface area contributed by atoms with Crippen molar-refractivity contribution in [2.45, 2.75) is 58.5 Å². The fourth-order valence-corrected chi connectivity index (χ4v) is 6.56. The van der Waals surface area contributed by atoms with Crippen LogP contribution in [0.3, 0.4) is 0 Å². The lowest BCUT2D eigenvalue weighted by atomic mass is 9.49. The molecule has 4 bridgehead atoms. The van der Waals surface area contributed by atoms with E-state index in [0.29, 0.717) is 23.3 Å². The van der Waals surface area contributed by atoms with Crippen LogP contribution in [0.25, 0.3) is 0 Å². The standard InChI is InChI=1S/C27H31NO3/c1-17-8-9-18(2)23(10-17)28-25(29)24(22-6-4-3-5-7-22)31-26(30)27-14-19-11-20(15-27)13-21(12-19)16-27/h3-10,19-21,24H,11-16H2,1-2H3,(H,28,29)/t19?,20?,21?,24-,27?/m1/s1. The Morgan fingerprint density at radius 2 is 1.55 bits per heavy atom. The van der Waals surface area contributed by atoms with E-state index in [2.05, 4.69) is 5.32 Å². The van der Waals surface area contributed by atoms with Crippen LogP contribution >= 0.6 is 0 Å². The number of ether oxygens (including phenoxy) is 1. The summed E-state index contributed by atoms with van der Waals surface area (Å²) in [7, 11) is 0. The second-order valence-electron chi connectivity index (χ2n) is 10.2. The van der Waals surface area contributed by atoms with E-state index in [0.717, 1.165) is 36.1 Å². The topological polar surface area (TPSA) is 55.4 Å². The molecule has 0 saturated heterocycles. The first kappa shape index (κ1) is 20.3. The molecule has 31 heavy (non-hydrogen) atoms. The lowest BCUT2D eigenvalue weighted by Gasteiger charge is -2.55. The molecule has 0 aromatic heterocycles. The zero-order chi connectivity index (χ0) is 21.6. The van der Waals surface area contributed by atoms with Crippen LogP contribution in [-0.2, 0) is 14.3 Å². The van der Waals surface area contributed by atoms with Crippen LogP contribution < -0.4 is 5.32 Å². The van der Waals surface area contributed by atoms with Gasteiger partial charge in [0, 0.05) is 11.3 Å². The van der Waals surface area contributed by atoms with E-state index >= 15 is 0 Å². The van der Waals surface area contributed by atoms with Crippen molar-refractivity contribution in [3.63, 3.8) is 0 Å². The van der Waals surface area contributed by atoms with Crippen LogP contribution in [0.15, 0.2) is 48.5 Å². The Morgan fingerprint density at radius 3 is 2.16 bits per heavy atom. The van der Waals surface area contributed by atoms with Gasteiger partial charge in [0.1, 0.15) is 0 Å². The molecule has 4 nitrogen and oxygen atoms in total. The highest BCUT2D eigenvalue weighted by molar-refractivity contribution is 5.97. The number of rotatable bonds is 5. The fraction of sp³-hybridized carbons (Fsp3) is 0.481. The molecule has 0 heterocycles. The predicted molar refractivity (Wildman–Crippen MR) is 120 cm³/mol. The van der Waals surface area contributed by atoms with E-state index in [-0.39, 0.29) is 17.3 Å². The third kappa shape index (κ3) is 3.88. The van der Waals surface area contributed by atoms with Gasteiger partial charge in [0.05, 0.1) is 5.41 Å². The summed E-state index contributed by atoms with van der Waals surface area (Å²) in [5, 5.41) is 3.01. The molecular weight excluding hydrogens is 386 g/mol. The maximum absolute atomic E-state index is 13.6. The Bertz CT molecular complexity index is 962. The molecule has 2 aromatic rings. The smallest absolute Gasteiger partial charge is 0.313 e. The number of carbonyl (C=O) groups excluding carboxylic acids is 2. The lowest BCUT2D eigenvalue weighted by Crippen LogP contribution is -2.51. The van der Waals surface area contributed by atoms with Gasteiger partial charge >= 0.3 is 5.97 Å². The third-order valence-corrected chi connectivity index (χ3v) is 7.69. The molecule has 0 unspecified atom stereocenters. The van der Waals surface area contributed by atoms with Gasteiger partial charge in [0.15, 0.2) is 0 Å². The number of benzene rings is 2. The molecule has 6 rings (SSSR count). The summed E-state index contributed by atoms with van der Waals surface area (Å²) >= 11 is 0. The summed E-state index contributed by atoms with van der Waals surface area (Å²) in [5.41, 5.74) is 3.14. The van der Waals surface area contributed by atoms with Gasteiger partial charge in [-0.05, 0) is 87.3 Å². The summed E-state index contributed by atoms with van der Waals surface area (Å²) in [6.07, 6.45) is 5.64. The fourth-order valence-electron chi connectivity index (χ4n) is 6.56. The molecule has 0 aliphatic heterocycles. The number of hydrogen-bond acceptors (Lipinski definition) is 3. The molecule has 0 spiro atoms. The average Bonchev–Trinajstić information content (AvgIpc) is 2.74. The van der Waals surface area contributed by atoms with Crippen LogP contribution in [0, 0.1) is 37.0 Å². The van der Waals surface area contributed by atoms with Gasteiger partial charge < -0.3 is 10.1 Å². The molecule has 162 valence electrons. The minimum atomic E-state index is -0.943. The Balaban J connectivity index is 1.40. The van der Waals surface area contributed by atoms with Gasteiger partial charge in [-0.1, -0.05) is 42.5 Å². The van der Waals surface area contributed by atoms with Crippen LogP contribution in [0.5, 0.6) is 0 Å². The van der Waals surface area contributed by atoms with Crippen molar-refractivity contribution in [2.75, 3.05) is 5.32 Å². The van der Waals surface area contributed by atoms with Gasteiger partial charge in [0.25, 0.3) is 5.91 Å². The molecule has 2 aromatic carbocycles. The first-order valence-electron chi connectivity index (χ1n) is 11.6. The normalized spacial score (nSPS) is 29.4. The van der Waals surface area contributed by atoms with Crippen molar-refractivity contribution >= 4 is 17.6 Å². The third-order valence-electron chi connectivity index (χ3n) is 7.69. The Morgan fingerprint density at radius 1 is 0.935 bits per heavy atom. The van der Waals surface area contributed by atoms with Crippen molar-refractivity contribution < 1.29 is 14.3 Å². The molecule has 1 N–H and O–H groups in total. The molecule has 4 fully saturated rings. The number of amides is 1. The monoisotopic (exact) mass is 417 g/mol. The van der Waals surface area contributed by atoms with Crippen LogP contribution in [0.2, 0.25) is 0 Å². The highest BCUT2D eigenvalue weighted by Crippen LogP contribution is 2.60. The van der Waals surface area contributed by atoms with Crippen molar-refractivity contribution in [2.24, 2.45) is 23.2 Å². The van der Waals surface area contributed by atoms with E-state index in [1.165, 1.54) is 19.3 Å². The number of aryl methyl sites for hydroxylation is 2. The Kier molecular flexibility index (Phi) is 5.11. The molecular formula is C27H31NO3. The van der Waals surface area contributed by atoms with E-state index in [1.54, 1.807) is 0 Å². The number of hydrogen-bond donors (Lipinski definition) is 1. The maximum atomic E-state index is 13.6. The van der Waals surface area contributed by atoms with Crippen molar-refractivity contribution in [3.05, 3.63) is 65.2 Å². The summed E-state index contributed by atoms with van der Waals surface area (Å²) in [5.74, 6) is 1.49. The molecule has 4 saturated carbocycles. The van der Waals surface area contributed by atoms with Crippen molar-refractivity contribution in [3.8, 4) is 0 Å². The largest absolute Gasteiger partial charge is 0.447 e. The van der Waals surface area contributed by atoms with Crippen LogP contribution in [-0.4, -0.2) is 11.9 Å². The van der Waals surface area contributed by atoms with Gasteiger partial charge in [-0.25, -0.2) is 0 Å². The highest BCUT2D eigenvalue weighted by atomic mass is 16.5. The van der Waals surface area contributed by atoms with Crippen molar-refractivity contribution in [1.82, 2.24) is 0 Å². The van der Waals surface area contributed by atoms with E-state index in [1.807, 2.05) is 62.4 Å². The highest BCUT2D eigenvalue weighted by Gasteiger charge is 2.56. The maximum Gasteiger partial charge on any atom is 0.313 e. The van der Waals surface area contributed by atoms with Crippen LogP contribution in [0.4, 0.5) is 5.69 Å². The molecule has 0 radical (unpaired) electrons. The first-order valence-corrected chi connectivity index (χ1v) is 11.6. The van der Waals surface area contributed by atoms with E-state index in [4.69, 9.17) is 4.74 Å². The summed E-state index contributed by atoms with van der Waals surface area (Å²) in [6, 6.07) is 15.4. The zero-order valence-corrected chi connectivity index (χ0v) is 18.4. The summed E-state index contributed by atoms with van der Waals surface area (Å²) in [4.78, 5) is 26.9. The summed E-state index contributed by atoms with van der Waals surface area (Å²) < 4.78 is 6.07. The number of carbonyl (C=O) groups is 2. The van der Waals surface area contributed by atoms with Crippen molar-refractivity contribution in [1.29, 1.82) is 0 Å². The predicted octanol–water partition coefficient (Wildman–Crippen LogP) is 5.74. The van der Waals surface area contributed by atoms with E-state index in [9.17, 15) is 9.59 Å². The second kappa shape index (κ2) is 7.81. The molecule has 1 amide bonds. The SMILES string of the molecule is Cc1ccc(C)c(NC(=O)[C@H](OC(=O)C23CC4CC(CC(C4)C2)C3)c2ccccc2)c1. The lowest BCUT2D eigenvalue weighted by molar-refractivity contribution is -0.179. The van der Waals surface area contributed by atoms with Gasteiger partial charge in [0.2, 0.25) is 6.10 Å². The number of nitrogens with one attached hydrogen (secondary N) is 1. The van der Waals surface area contributed by atoms with Crippen LogP contribution in [0.1, 0.15) is 61.3 Å². The molecule has 1 atom stereocenters. The zero-order valence-electron chi connectivity index (χ0n) is 18.4. The van der Waals surface area contributed by atoms with Gasteiger partial charge in [-0.3, -0.25) is 9.59 Å². The minimum Gasteiger partial charge on any atom is -0.447 e. The second-order valence-corrected chi connectivity index (χ2v) is 10.2. The number of esters is 1. The molecule has 4 heteroatoms. The Hall–Kier alpha value is -2.62. The quantitative estimate of drug-likeness (QED) is 0.631. The number of anilines is 1. The first-order chi connectivity index (χ1) is 14.9. The van der Waals surface area contributed by atoms with Gasteiger partial charge in [-0.2, -0.15) is 0 Å². The Labute approximate surface area is 184 Å². The molecule has 4 aliphatic carbocycles. The summed E-state index contributed by atoms with van der Waals surface area (Å²) in [6.45, 7) is 3.96.